The summed E-state index contributed by atoms with van der Waals surface area (Å²) in [7, 11) is 1.72. The Morgan fingerprint density at radius 2 is 1.94 bits per heavy atom. The summed E-state index contributed by atoms with van der Waals surface area (Å²) >= 11 is 0. The standard InChI is InChI=1S/C15H30N2O/c1-3-4-5-6-7-8-9-13-10-11-17-14(12-13)15(18)16-2/h13-14,17H,3-12H2,1-2H3,(H,16,18). The normalized spacial score (nSPS) is 23.9. The molecule has 1 aliphatic rings. The second-order valence-corrected chi connectivity index (χ2v) is 5.57. The van der Waals surface area contributed by atoms with Crippen LogP contribution in [0.2, 0.25) is 0 Å². The van der Waals surface area contributed by atoms with Crippen LogP contribution < -0.4 is 10.6 Å². The third kappa shape index (κ3) is 5.85. The van der Waals surface area contributed by atoms with E-state index < -0.39 is 0 Å². The first-order valence-corrected chi connectivity index (χ1v) is 7.73. The molecule has 2 N–H and O–H groups in total. The van der Waals surface area contributed by atoms with Crippen LogP contribution >= 0.6 is 0 Å². The molecule has 0 aliphatic carbocycles. The molecule has 1 heterocycles. The molecule has 0 saturated carbocycles. The molecular formula is C15H30N2O. The summed E-state index contributed by atoms with van der Waals surface area (Å²) in [5.74, 6) is 0.905. The molecule has 1 amide bonds. The Hall–Kier alpha value is -0.570. The van der Waals surface area contributed by atoms with Crippen molar-refractivity contribution in [2.75, 3.05) is 13.6 Å². The molecule has 0 aromatic rings. The summed E-state index contributed by atoms with van der Waals surface area (Å²) < 4.78 is 0. The SMILES string of the molecule is CCCCCCCCC1CCNC(C(=O)NC)C1. The highest BCUT2D eigenvalue weighted by Crippen LogP contribution is 2.23. The lowest BCUT2D eigenvalue weighted by atomic mass is 9.87. The van der Waals surface area contributed by atoms with Gasteiger partial charge < -0.3 is 10.6 Å². The number of rotatable bonds is 8. The van der Waals surface area contributed by atoms with Crippen LogP contribution in [0.3, 0.4) is 0 Å². The number of carbonyl (C=O) groups excluding carboxylic acids is 1. The summed E-state index contributed by atoms with van der Waals surface area (Å²) in [5.41, 5.74) is 0. The van der Waals surface area contributed by atoms with Gasteiger partial charge >= 0.3 is 0 Å². The van der Waals surface area contributed by atoms with E-state index in [1.807, 2.05) is 0 Å². The maximum atomic E-state index is 11.6. The number of amides is 1. The van der Waals surface area contributed by atoms with Crippen molar-refractivity contribution in [3.8, 4) is 0 Å². The predicted octanol–water partition coefficient (Wildman–Crippen LogP) is 2.85. The maximum absolute atomic E-state index is 11.6. The highest BCUT2D eigenvalue weighted by Gasteiger charge is 2.25. The number of nitrogens with one attached hydrogen (secondary N) is 2. The monoisotopic (exact) mass is 254 g/mol. The van der Waals surface area contributed by atoms with Crippen LogP contribution in [0.5, 0.6) is 0 Å². The average molecular weight is 254 g/mol. The molecule has 2 unspecified atom stereocenters. The molecule has 0 bridgehead atoms. The van der Waals surface area contributed by atoms with Gasteiger partial charge in [-0.1, -0.05) is 51.9 Å². The van der Waals surface area contributed by atoms with Crippen molar-refractivity contribution in [2.45, 2.75) is 70.8 Å². The van der Waals surface area contributed by atoms with Crippen LogP contribution in [0.4, 0.5) is 0 Å². The minimum absolute atomic E-state index is 0.0499. The van der Waals surface area contributed by atoms with Crippen molar-refractivity contribution in [3.05, 3.63) is 0 Å². The van der Waals surface area contributed by atoms with E-state index in [1.54, 1.807) is 7.05 Å². The van der Waals surface area contributed by atoms with Crippen molar-refractivity contribution < 1.29 is 4.79 Å². The fraction of sp³-hybridized carbons (Fsp3) is 0.933. The molecule has 3 heteroatoms. The van der Waals surface area contributed by atoms with Crippen LogP contribution in [0.15, 0.2) is 0 Å². The summed E-state index contributed by atoms with van der Waals surface area (Å²) in [4.78, 5) is 11.6. The first-order valence-electron chi connectivity index (χ1n) is 7.73. The number of hydrogen-bond donors (Lipinski definition) is 2. The zero-order valence-electron chi connectivity index (χ0n) is 12.1. The van der Waals surface area contributed by atoms with E-state index in [-0.39, 0.29) is 11.9 Å². The minimum atomic E-state index is 0.0499. The van der Waals surface area contributed by atoms with Gasteiger partial charge in [0.05, 0.1) is 6.04 Å². The van der Waals surface area contributed by atoms with Crippen LogP contribution in [0.25, 0.3) is 0 Å². The highest BCUT2D eigenvalue weighted by molar-refractivity contribution is 5.81. The lowest BCUT2D eigenvalue weighted by Crippen LogP contribution is -2.47. The van der Waals surface area contributed by atoms with E-state index in [0.29, 0.717) is 0 Å². The highest BCUT2D eigenvalue weighted by atomic mass is 16.2. The van der Waals surface area contributed by atoms with Gasteiger partial charge in [-0.25, -0.2) is 0 Å². The zero-order valence-corrected chi connectivity index (χ0v) is 12.1. The fourth-order valence-corrected chi connectivity index (χ4v) is 2.85. The Morgan fingerprint density at radius 1 is 1.22 bits per heavy atom. The van der Waals surface area contributed by atoms with E-state index in [1.165, 1.54) is 51.4 Å². The summed E-state index contributed by atoms with van der Waals surface area (Å²) in [6.07, 6.45) is 11.8. The maximum Gasteiger partial charge on any atom is 0.236 e. The Bertz CT molecular complexity index is 231. The molecule has 1 aliphatic heterocycles. The molecule has 1 rings (SSSR count). The van der Waals surface area contributed by atoms with E-state index in [0.717, 1.165) is 18.9 Å². The van der Waals surface area contributed by atoms with Crippen LogP contribution in [-0.4, -0.2) is 25.5 Å². The molecule has 1 saturated heterocycles. The molecule has 2 atom stereocenters. The number of carbonyl (C=O) groups is 1. The van der Waals surface area contributed by atoms with Crippen molar-refractivity contribution in [1.29, 1.82) is 0 Å². The van der Waals surface area contributed by atoms with Crippen LogP contribution in [0.1, 0.15) is 64.7 Å². The summed E-state index contributed by atoms with van der Waals surface area (Å²) in [5, 5.41) is 6.05. The van der Waals surface area contributed by atoms with Crippen molar-refractivity contribution in [2.24, 2.45) is 5.92 Å². The van der Waals surface area contributed by atoms with Crippen molar-refractivity contribution in [1.82, 2.24) is 10.6 Å². The van der Waals surface area contributed by atoms with Gasteiger partial charge in [-0.05, 0) is 25.3 Å². The topological polar surface area (TPSA) is 41.1 Å². The van der Waals surface area contributed by atoms with Gasteiger partial charge in [-0.3, -0.25) is 4.79 Å². The Morgan fingerprint density at radius 3 is 2.67 bits per heavy atom. The average Bonchev–Trinajstić information content (AvgIpc) is 2.42. The van der Waals surface area contributed by atoms with Crippen molar-refractivity contribution in [3.63, 3.8) is 0 Å². The molecule has 1 fully saturated rings. The molecule has 0 spiro atoms. The Balaban J connectivity index is 2.09. The summed E-state index contributed by atoms with van der Waals surface area (Å²) in [6, 6.07) is 0.0499. The van der Waals surface area contributed by atoms with E-state index in [4.69, 9.17) is 0 Å². The van der Waals surface area contributed by atoms with Gasteiger partial charge in [-0.2, -0.15) is 0 Å². The molecule has 0 aromatic carbocycles. The van der Waals surface area contributed by atoms with Gasteiger partial charge in [0.15, 0.2) is 0 Å². The molecule has 0 aromatic heterocycles. The van der Waals surface area contributed by atoms with Gasteiger partial charge in [0, 0.05) is 7.05 Å². The number of unbranched alkanes of at least 4 members (excludes halogenated alkanes) is 5. The summed E-state index contributed by atoms with van der Waals surface area (Å²) in [6.45, 7) is 3.26. The Kier molecular flexibility index (Phi) is 8.06. The predicted molar refractivity (Wildman–Crippen MR) is 76.6 cm³/mol. The number of likely N-dealkylation sites (N-methyl/N-ethyl adjacent to an activating group) is 1. The molecular weight excluding hydrogens is 224 g/mol. The lowest BCUT2D eigenvalue weighted by Gasteiger charge is -2.29. The minimum Gasteiger partial charge on any atom is -0.358 e. The lowest BCUT2D eigenvalue weighted by molar-refractivity contribution is -0.123. The molecule has 0 radical (unpaired) electrons. The smallest absolute Gasteiger partial charge is 0.236 e. The van der Waals surface area contributed by atoms with Crippen LogP contribution in [0, 0.1) is 5.92 Å². The zero-order chi connectivity index (χ0) is 13.2. The second kappa shape index (κ2) is 9.37. The largest absolute Gasteiger partial charge is 0.358 e. The quantitative estimate of drug-likeness (QED) is 0.654. The van der Waals surface area contributed by atoms with Crippen molar-refractivity contribution >= 4 is 5.91 Å². The van der Waals surface area contributed by atoms with Crippen LogP contribution in [-0.2, 0) is 4.79 Å². The van der Waals surface area contributed by atoms with Gasteiger partial charge in [0.2, 0.25) is 5.91 Å². The number of piperidine rings is 1. The van der Waals surface area contributed by atoms with Gasteiger partial charge in [-0.15, -0.1) is 0 Å². The van der Waals surface area contributed by atoms with Gasteiger partial charge in [0.25, 0.3) is 0 Å². The third-order valence-corrected chi connectivity index (χ3v) is 4.04. The molecule has 106 valence electrons. The van der Waals surface area contributed by atoms with E-state index in [2.05, 4.69) is 17.6 Å². The molecule has 3 nitrogen and oxygen atoms in total. The number of hydrogen-bond acceptors (Lipinski definition) is 2. The van der Waals surface area contributed by atoms with E-state index in [9.17, 15) is 4.79 Å². The van der Waals surface area contributed by atoms with E-state index >= 15 is 0 Å². The fourth-order valence-electron chi connectivity index (χ4n) is 2.85. The van der Waals surface area contributed by atoms with Gasteiger partial charge in [0.1, 0.15) is 0 Å². The second-order valence-electron chi connectivity index (χ2n) is 5.57. The third-order valence-electron chi connectivity index (χ3n) is 4.04. The Labute approximate surface area is 112 Å². The first-order chi connectivity index (χ1) is 8.77. The first kappa shape index (κ1) is 15.5. The molecule has 18 heavy (non-hydrogen) atoms.